The first kappa shape index (κ1) is 25.1. The Morgan fingerprint density at radius 2 is 1.51 bits per heavy atom. The number of benzene rings is 2. The van der Waals surface area contributed by atoms with Crippen molar-refractivity contribution in [2.75, 3.05) is 50.8 Å². The van der Waals surface area contributed by atoms with Gasteiger partial charge in [0.05, 0.1) is 10.5 Å². The molecule has 0 bridgehead atoms. The van der Waals surface area contributed by atoms with Crippen LogP contribution in [0.4, 0.5) is 10.1 Å². The third kappa shape index (κ3) is 6.18. The molecule has 35 heavy (non-hydrogen) atoms. The number of anilines is 1. The minimum Gasteiger partial charge on any atom is -0.452 e. The molecule has 2 aromatic carbocycles. The van der Waals surface area contributed by atoms with Gasteiger partial charge in [0.2, 0.25) is 10.0 Å². The lowest BCUT2D eigenvalue weighted by atomic mass is 10.2. The van der Waals surface area contributed by atoms with Crippen molar-refractivity contribution in [2.24, 2.45) is 0 Å². The fourth-order valence-electron chi connectivity index (χ4n) is 4.39. The number of nitrogens with zero attached hydrogens (tertiary/aromatic N) is 3. The van der Waals surface area contributed by atoms with Crippen molar-refractivity contribution < 1.29 is 27.1 Å². The topological polar surface area (TPSA) is 87.2 Å². The molecular weight excluding hydrogens is 473 g/mol. The quantitative estimate of drug-likeness (QED) is 0.564. The molecule has 8 nitrogen and oxygen atoms in total. The van der Waals surface area contributed by atoms with Gasteiger partial charge >= 0.3 is 5.97 Å². The molecule has 2 heterocycles. The molecule has 0 saturated carbocycles. The van der Waals surface area contributed by atoms with Gasteiger partial charge in [-0.2, -0.15) is 4.31 Å². The zero-order valence-electron chi connectivity index (χ0n) is 19.6. The first-order valence-electron chi connectivity index (χ1n) is 11.9. The molecule has 0 spiro atoms. The van der Waals surface area contributed by atoms with Crippen molar-refractivity contribution >= 4 is 27.6 Å². The fraction of sp³-hybridized carbons (Fsp3) is 0.440. The van der Waals surface area contributed by atoms with Gasteiger partial charge in [-0.15, -0.1) is 0 Å². The molecule has 2 aliphatic heterocycles. The summed E-state index contributed by atoms with van der Waals surface area (Å²) in [5, 5.41) is 0. The van der Waals surface area contributed by atoms with Crippen LogP contribution in [0.5, 0.6) is 0 Å². The zero-order valence-corrected chi connectivity index (χ0v) is 20.4. The van der Waals surface area contributed by atoms with Crippen LogP contribution in [0.1, 0.15) is 36.0 Å². The van der Waals surface area contributed by atoms with E-state index in [-0.39, 0.29) is 41.9 Å². The number of hydrogen-bond acceptors (Lipinski definition) is 6. The molecule has 0 aliphatic carbocycles. The number of halogens is 1. The summed E-state index contributed by atoms with van der Waals surface area (Å²) >= 11 is 0. The number of esters is 1. The Morgan fingerprint density at radius 3 is 2.17 bits per heavy atom. The monoisotopic (exact) mass is 503 g/mol. The highest BCUT2D eigenvalue weighted by molar-refractivity contribution is 7.89. The van der Waals surface area contributed by atoms with Gasteiger partial charge in [0.25, 0.3) is 5.91 Å². The smallest absolute Gasteiger partial charge is 0.338 e. The van der Waals surface area contributed by atoms with Crippen LogP contribution in [0.3, 0.4) is 0 Å². The van der Waals surface area contributed by atoms with Crippen LogP contribution in [-0.4, -0.2) is 75.4 Å². The molecular formula is C25H30FN3O5S. The number of piperazine rings is 1. The molecule has 0 N–H and O–H groups in total. The van der Waals surface area contributed by atoms with Gasteiger partial charge in [0, 0.05) is 45.0 Å². The zero-order chi connectivity index (χ0) is 24.8. The summed E-state index contributed by atoms with van der Waals surface area (Å²) < 4.78 is 46.2. The van der Waals surface area contributed by atoms with Crippen molar-refractivity contribution in [3.05, 3.63) is 59.9 Å². The number of ether oxygens (including phenoxy) is 1. The van der Waals surface area contributed by atoms with Gasteiger partial charge in [-0.3, -0.25) is 4.79 Å². The summed E-state index contributed by atoms with van der Waals surface area (Å²) in [6.45, 7) is 2.42. The van der Waals surface area contributed by atoms with E-state index in [1.807, 2.05) is 4.90 Å². The summed E-state index contributed by atoms with van der Waals surface area (Å²) in [5.41, 5.74) is 0.919. The van der Waals surface area contributed by atoms with Crippen molar-refractivity contribution in [3.8, 4) is 0 Å². The second-order valence-electron chi connectivity index (χ2n) is 8.77. The maximum absolute atomic E-state index is 13.2. The Kier molecular flexibility index (Phi) is 8.02. The molecule has 2 aromatic rings. The largest absolute Gasteiger partial charge is 0.452 e. The van der Waals surface area contributed by atoms with Gasteiger partial charge in [0.1, 0.15) is 5.82 Å². The number of hydrogen-bond donors (Lipinski definition) is 0. The molecule has 1 amide bonds. The summed E-state index contributed by atoms with van der Waals surface area (Å²) in [6.07, 6.45) is 4.06. The lowest BCUT2D eigenvalue weighted by molar-refractivity contribution is -0.134. The normalized spacial score (nSPS) is 17.6. The molecule has 0 aromatic heterocycles. The van der Waals surface area contributed by atoms with E-state index < -0.39 is 16.0 Å². The number of rotatable bonds is 6. The molecule has 0 unspecified atom stereocenters. The second-order valence-corrected chi connectivity index (χ2v) is 10.7. The summed E-state index contributed by atoms with van der Waals surface area (Å²) in [7, 11) is -3.82. The lowest BCUT2D eigenvalue weighted by Gasteiger charge is -2.35. The van der Waals surface area contributed by atoms with E-state index in [0.29, 0.717) is 26.2 Å². The predicted molar refractivity (Wildman–Crippen MR) is 129 cm³/mol. The highest BCUT2D eigenvalue weighted by atomic mass is 32.2. The van der Waals surface area contributed by atoms with E-state index in [1.165, 1.54) is 40.7 Å². The Labute approximate surface area is 205 Å². The average Bonchev–Trinajstić information content (AvgIpc) is 3.17. The van der Waals surface area contributed by atoms with Crippen molar-refractivity contribution in [1.82, 2.24) is 9.21 Å². The minimum absolute atomic E-state index is 0.000951. The van der Waals surface area contributed by atoms with Crippen LogP contribution in [0.2, 0.25) is 0 Å². The van der Waals surface area contributed by atoms with Crippen LogP contribution in [0, 0.1) is 5.82 Å². The lowest BCUT2D eigenvalue weighted by Crippen LogP contribution is -2.48. The van der Waals surface area contributed by atoms with Crippen LogP contribution >= 0.6 is 0 Å². The van der Waals surface area contributed by atoms with Gasteiger partial charge in [-0.25, -0.2) is 17.6 Å². The Hall–Kier alpha value is -2.98. The number of carbonyl (C=O) groups excluding carboxylic acids is 2. The van der Waals surface area contributed by atoms with Gasteiger partial charge in [-0.1, -0.05) is 18.9 Å². The first-order chi connectivity index (χ1) is 16.8. The Morgan fingerprint density at radius 1 is 0.857 bits per heavy atom. The van der Waals surface area contributed by atoms with E-state index in [0.717, 1.165) is 31.4 Å². The molecule has 4 rings (SSSR count). The summed E-state index contributed by atoms with van der Waals surface area (Å²) in [6, 6.07) is 11.8. The molecule has 2 aliphatic rings. The van der Waals surface area contributed by atoms with Crippen LogP contribution in [-0.2, 0) is 19.6 Å². The Bertz CT molecular complexity index is 1140. The third-order valence-corrected chi connectivity index (χ3v) is 8.32. The summed E-state index contributed by atoms with van der Waals surface area (Å²) in [5.74, 6) is -1.28. The van der Waals surface area contributed by atoms with Crippen LogP contribution in [0.25, 0.3) is 0 Å². The van der Waals surface area contributed by atoms with Gasteiger partial charge in [-0.05, 0) is 55.3 Å². The van der Waals surface area contributed by atoms with Crippen LogP contribution < -0.4 is 4.90 Å². The highest BCUT2D eigenvalue weighted by Gasteiger charge is 2.29. The van der Waals surface area contributed by atoms with Gasteiger partial charge < -0.3 is 14.5 Å². The number of likely N-dealkylation sites (tertiary alicyclic amines) is 1. The van der Waals surface area contributed by atoms with Crippen molar-refractivity contribution in [2.45, 2.75) is 30.6 Å². The summed E-state index contributed by atoms with van der Waals surface area (Å²) in [4.78, 5) is 28.6. The maximum Gasteiger partial charge on any atom is 0.338 e. The van der Waals surface area contributed by atoms with E-state index in [4.69, 9.17) is 4.74 Å². The Balaban J connectivity index is 1.36. The SMILES string of the molecule is O=C(OCC(=O)N1CCCCCC1)c1cccc(S(=O)(=O)N2CCN(c3ccc(F)cc3)CC2)c1. The second kappa shape index (κ2) is 11.2. The number of sulfonamides is 1. The molecule has 0 atom stereocenters. The highest BCUT2D eigenvalue weighted by Crippen LogP contribution is 2.22. The van der Waals surface area contributed by atoms with E-state index in [2.05, 4.69) is 0 Å². The molecule has 2 fully saturated rings. The van der Waals surface area contributed by atoms with E-state index in [9.17, 15) is 22.4 Å². The molecule has 188 valence electrons. The average molecular weight is 504 g/mol. The standard InChI is InChI=1S/C25H30FN3O5S/c26-21-8-10-22(11-9-21)27-14-16-29(17-15-27)35(32,33)23-7-5-6-20(18-23)25(31)34-19-24(30)28-12-3-1-2-4-13-28/h5-11,18H,1-4,12-17,19H2. The minimum atomic E-state index is -3.82. The number of amides is 1. The fourth-order valence-corrected chi connectivity index (χ4v) is 5.86. The van der Waals surface area contributed by atoms with E-state index >= 15 is 0 Å². The van der Waals surface area contributed by atoms with Crippen molar-refractivity contribution in [1.29, 1.82) is 0 Å². The van der Waals surface area contributed by atoms with Crippen molar-refractivity contribution in [3.63, 3.8) is 0 Å². The van der Waals surface area contributed by atoms with Gasteiger partial charge in [0.15, 0.2) is 6.61 Å². The third-order valence-electron chi connectivity index (χ3n) is 6.42. The van der Waals surface area contributed by atoms with E-state index in [1.54, 1.807) is 17.0 Å². The molecule has 2 saturated heterocycles. The first-order valence-corrected chi connectivity index (χ1v) is 13.3. The molecule has 0 radical (unpaired) electrons. The molecule has 10 heteroatoms. The maximum atomic E-state index is 13.2. The predicted octanol–water partition coefficient (Wildman–Crippen LogP) is 2.90. The van der Waals surface area contributed by atoms with Crippen LogP contribution in [0.15, 0.2) is 53.4 Å². The number of carbonyl (C=O) groups is 2.